The molecular weight excluding hydrogens is 294 g/mol. The molecule has 4 heteroatoms. The van der Waals surface area contributed by atoms with Crippen LogP contribution in [0.1, 0.15) is 31.4 Å². The largest absolute Gasteiger partial charge is 0.508 e. The van der Waals surface area contributed by atoms with Crippen LogP contribution in [0.25, 0.3) is 0 Å². The van der Waals surface area contributed by atoms with Gasteiger partial charge in [0.1, 0.15) is 5.75 Å². The van der Waals surface area contributed by atoms with E-state index in [0.717, 1.165) is 36.0 Å². The fraction of sp³-hybridized carbons (Fsp3) is 0.571. The minimum Gasteiger partial charge on any atom is -0.508 e. The summed E-state index contributed by atoms with van der Waals surface area (Å²) < 4.78 is 6.64. The molecule has 0 aliphatic carbocycles. The lowest BCUT2D eigenvalue weighted by Gasteiger charge is -2.28. The molecule has 3 nitrogen and oxygen atoms in total. The lowest BCUT2D eigenvalue weighted by atomic mass is 10.1. The van der Waals surface area contributed by atoms with Gasteiger partial charge in [-0.1, -0.05) is 15.9 Å². The predicted octanol–water partition coefficient (Wildman–Crippen LogP) is 3.33. The Morgan fingerprint density at radius 1 is 1.56 bits per heavy atom. The van der Waals surface area contributed by atoms with E-state index in [-0.39, 0.29) is 6.04 Å². The molecule has 1 N–H and O–H groups in total. The van der Waals surface area contributed by atoms with Gasteiger partial charge in [-0.15, -0.1) is 0 Å². The van der Waals surface area contributed by atoms with Gasteiger partial charge >= 0.3 is 0 Å². The molecule has 0 saturated carbocycles. The summed E-state index contributed by atoms with van der Waals surface area (Å²) in [6, 6.07) is 5.74. The van der Waals surface area contributed by atoms with Crippen molar-refractivity contribution in [1.29, 1.82) is 0 Å². The highest BCUT2D eigenvalue weighted by Crippen LogP contribution is 2.30. The molecule has 1 fully saturated rings. The molecule has 1 aliphatic rings. The molecule has 1 saturated heterocycles. The van der Waals surface area contributed by atoms with E-state index >= 15 is 0 Å². The quantitative estimate of drug-likeness (QED) is 0.925. The van der Waals surface area contributed by atoms with Gasteiger partial charge in [0, 0.05) is 29.2 Å². The van der Waals surface area contributed by atoms with Gasteiger partial charge in [-0.25, -0.2) is 0 Å². The first-order chi connectivity index (χ1) is 8.58. The number of ether oxygens (including phenoxy) is 1. The van der Waals surface area contributed by atoms with E-state index in [4.69, 9.17) is 4.74 Å². The summed E-state index contributed by atoms with van der Waals surface area (Å²) in [6.45, 7) is 3.90. The van der Waals surface area contributed by atoms with Gasteiger partial charge in [0.15, 0.2) is 0 Å². The van der Waals surface area contributed by atoms with E-state index in [1.54, 1.807) is 6.07 Å². The number of likely N-dealkylation sites (N-methyl/N-ethyl adjacent to an activating group) is 1. The lowest BCUT2D eigenvalue weighted by molar-refractivity contribution is 0.0700. The van der Waals surface area contributed by atoms with Crippen molar-refractivity contribution >= 4 is 15.9 Å². The number of phenols is 1. The molecule has 1 aromatic carbocycles. The molecule has 0 aromatic heterocycles. The predicted molar refractivity (Wildman–Crippen MR) is 75.8 cm³/mol. The second kappa shape index (κ2) is 6.04. The van der Waals surface area contributed by atoms with E-state index in [2.05, 4.69) is 34.8 Å². The third-order valence-electron chi connectivity index (χ3n) is 3.62. The van der Waals surface area contributed by atoms with E-state index in [0.29, 0.717) is 11.9 Å². The Hall–Kier alpha value is -0.580. The number of aromatic hydroxyl groups is 1. The highest BCUT2D eigenvalue weighted by molar-refractivity contribution is 9.10. The van der Waals surface area contributed by atoms with Crippen LogP contribution in [-0.2, 0) is 4.74 Å². The molecule has 2 unspecified atom stereocenters. The SMILES string of the molecule is CC(c1cc(Br)ccc1O)N(C)CC1CCCO1. The number of benzene rings is 1. The van der Waals surface area contributed by atoms with E-state index in [1.165, 1.54) is 0 Å². The molecule has 1 aliphatic heterocycles. The summed E-state index contributed by atoms with van der Waals surface area (Å²) in [6.07, 6.45) is 2.64. The second-order valence-electron chi connectivity index (χ2n) is 4.95. The average molecular weight is 314 g/mol. The molecule has 2 rings (SSSR count). The zero-order valence-electron chi connectivity index (χ0n) is 10.9. The van der Waals surface area contributed by atoms with Crippen LogP contribution >= 0.6 is 15.9 Å². The van der Waals surface area contributed by atoms with Crippen LogP contribution in [0.15, 0.2) is 22.7 Å². The normalized spacial score (nSPS) is 21.4. The molecular formula is C14H20BrNO2. The van der Waals surface area contributed by atoms with Crippen LogP contribution in [0.4, 0.5) is 0 Å². The van der Waals surface area contributed by atoms with Crippen molar-refractivity contribution in [2.75, 3.05) is 20.2 Å². The summed E-state index contributed by atoms with van der Waals surface area (Å²) in [4.78, 5) is 2.23. The number of halogens is 1. The fourth-order valence-electron chi connectivity index (χ4n) is 2.37. The van der Waals surface area contributed by atoms with Crippen molar-refractivity contribution in [3.05, 3.63) is 28.2 Å². The van der Waals surface area contributed by atoms with Gasteiger partial charge in [-0.05, 0) is 45.0 Å². The van der Waals surface area contributed by atoms with Crippen LogP contribution in [0.5, 0.6) is 5.75 Å². The van der Waals surface area contributed by atoms with Crippen molar-refractivity contribution < 1.29 is 9.84 Å². The van der Waals surface area contributed by atoms with Gasteiger partial charge in [0.05, 0.1) is 6.10 Å². The van der Waals surface area contributed by atoms with Crippen LogP contribution in [0, 0.1) is 0 Å². The summed E-state index contributed by atoms with van der Waals surface area (Å²) >= 11 is 3.45. The van der Waals surface area contributed by atoms with E-state index < -0.39 is 0 Å². The number of nitrogens with zero attached hydrogens (tertiary/aromatic N) is 1. The van der Waals surface area contributed by atoms with Gasteiger partial charge < -0.3 is 9.84 Å². The third kappa shape index (κ3) is 3.25. The fourth-order valence-corrected chi connectivity index (χ4v) is 2.74. The Labute approximate surface area is 117 Å². The van der Waals surface area contributed by atoms with Gasteiger partial charge in [0.2, 0.25) is 0 Å². The molecule has 1 heterocycles. The molecule has 18 heavy (non-hydrogen) atoms. The number of phenolic OH excluding ortho intramolecular Hbond substituents is 1. The number of hydrogen-bond donors (Lipinski definition) is 1. The summed E-state index contributed by atoms with van der Waals surface area (Å²) in [5.74, 6) is 0.352. The maximum absolute atomic E-state index is 9.94. The molecule has 0 spiro atoms. The van der Waals surface area contributed by atoms with Crippen LogP contribution < -0.4 is 0 Å². The average Bonchev–Trinajstić information content (AvgIpc) is 2.84. The number of rotatable bonds is 4. The molecule has 0 bridgehead atoms. The Morgan fingerprint density at radius 3 is 3.00 bits per heavy atom. The monoisotopic (exact) mass is 313 g/mol. The van der Waals surface area contributed by atoms with Gasteiger partial charge in [-0.2, -0.15) is 0 Å². The maximum Gasteiger partial charge on any atom is 0.120 e. The minimum atomic E-state index is 0.173. The molecule has 1 aromatic rings. The number of hydrogen-bond acceptors (Lipinski definition) is 3. The van der Waals surface area contributed by atoms with Crippen molar-refractivity contribution in [3.8, 4) is 5.75 Å². The Morgan fingerprint density at radius 2 is 2.33 bits per heavy atom. The molecule has 100 valence electrons. The smallest absolute Gasteiger partial charge is 0.120 e. The van der Waals surface area contributed by atoms with Gasteiger partial charge in [0.25, 0.3) is 0 Å². The first-order valence-corrected chi connectivity index (χ1v) is 7.17. The van der Waals surface area contributed by atoms with Crippen LogP contribution in [0.3, 0.4) is 0 Å². The first kappa shape index (κ1) is 13.8. The lowest BCUT2D eigenvalue weighted by Crippen LogP contribution is -2.31. The summed E-state index contributed by atoms with van der Waals surface area (Å²) in [5.41, 5.74) is 0.949. The Bertz CT molecular complexity index is 405. The zero-order valence-corrected chi connectivity index (χ0v) is 12.5. The maximum atomic E-state index is 9.94. The standard InChI is InChI=1S/C14H20BrNO2/c1-10(13-8-11(15)5-6-14(13)17)16(2)9-12-4-3-7-18-12/h5-6,8,10,12,17H,3-4,7,9H2,1-2H3. The first-order valence-electron chi connectivity index (χ1n) is 6.38. The third-order valence-corrected chi connectivity index (χ3v) is 4.11. The Kier molecular flexibility index (Phi) is 4.65. The molecule has 0 amide bonds. The van der Waals surface area contributed by atoms with Crippen LogP contribution in [0.2, 0.25) is 0 Å². The van der Waals surface area contributed by atoms with Crippen molar-refractivity contribution in [3.63, 3.8) is 0 Å². The topological polar surface area (TPSA) is 32.7 Å². The molecule has 0 radical (unpaired) electrons. The second-order valence-corrected chi connectivity index (χ2v) is 5.87. The van der Waals surface area contributed by atoms with E-state index in [1.807, 2.05) is 12.1 Å². The highest BCUT2D eigenvalue weighted by atomic mass is 79.9. The highest BCUT2D eigenvalue weighted by Gasteiger charge is 2.22. The van der Waals surface area contributed by atoms with Crippen molar-refractivity contribution in [1.82, 2.24) is 4.90 Å². The minimum absolute atomic E-state index is 0.173. The van der Waals surface area contributed by atoms with Crippen molar-refractivity contribution in [2.45, 2.75) is 31.9 Å². The van der Waals surface area contributed by atoms with Gasteiger partial charge in [-0.3, -0.25) is 4.90 Å². The molecule has 2 atom stereocenters. The Balaban J connectivity index is 2.04. The van der Waals surface area contributed by atoms with Crippen molar-refractivity contribution in [2.24, 2.45) is 0 Å². The zero-order chi connectivity index (χ0) is 13.1. The summed E-state index contributed by atoms with van der Waals surface area (Å²) in [7, 11) is 2.08. The summed E-state index contributed by atoms with van der Waals surface area (Å²) in [5, 5.41) is 9.94. The van der Waals surface area contributed by atoms with E-state index in [9.17, 15) is 5.11 Å². The van der Waals surface area contributed by atoms with Crippen LogP contribution in [-0.4, -0.2) is 36.3 Å².